The fourth-order valence-electron chi connectivity index (χ4n) is 1.82. The zero-order valence-corrected chi connectivity index (χ0v) is 12.4. The van der Waals surface area contributed by atoms with Gasteiger partial charge in [0.05, 0.1) is 18.4 Å². The molecular formula is C16H17N3O4. The Bertz CT molecular complexity index is 620. The smallest absolute Gasteiger partial charge is 0.328 e. The predicted molar refractivity (Wildman–Crippen MR) is 82.2 cm³/mol. The lowest BCUT2D eigenvalue weighted by atomic mass is 9.98. The third kappa shape index (κ3) is 6.91. The van der Waals surface area contributed by atoms with Gasteiger partial charge in [0.15, 0.2) is 0 Å². The summed E-state index contributed by atoms with van der Waals surface area (Å²) in [6, 6.07) is 10.8. The SMILES string of the molecule is N#CCCNC(=O)C(CNC(=O)C=CC(=O)O)c1ccccc1. The molecule has 0 bridgehead atoms. The van der Waals surface area contributed by atoms with Crippen molar-refractivity contribution < 1.29 is 19.5 Å². The largest absolute Gasteiger partial charge is 0.478 e. The molecule has 7 nitrogen and oxygen atoms in total. The Kier molecular flexibility index (Phi) is 7.58. The number of nitrogens with one attached hydrogen (secondary N) is 2. The topological polar surface area (TPSA) is 119 Å². The van der Waals surface area contributed by atoms with Gasteiger partial charge < -0.3 is 15.7 Å². The second kappa shape index (κ2) is 9.73. The average molecular weight is 315 g/mol. The standard InChI is InChI=1S/C16H17N3O4/c17-9-4-10-18-16(23)13(12-5-2-1-3-6-12)11-19-14(20)7-8-15(21)22/h1-3,5-8,13H,4,10-11H2,(H,18,23)(H,19,20)(H,21,22). The molecule has 23 heavy (non-hydrogen) atoms. The lowest BCUT2D eigenvalue weighted by Gasteiger charge is -2.17. The Morgan fingerprint density at radius 1 is 1.17 bits per heavy atom. The summed E-state index contributed by atoms with van der Waals surface area (Å²) in [4.78, 5) is 34.1. The van der Waals surface area contributed by atoms with E-state index in [0.717, 1.165) is 12.2 Å². The van der Waals surface area contributed by atoms with Crippen LogP contribution in [-0.2, 0) is 14.4 Å². The van der Waals surface area contributed by atoms with E-state index in [1.807, 2.05) is 12.1 Å². The zero-order valence-electron chi connectivity index (χ0n) is 12.4. The van der Waals surface area contributed by atoms with Crippen LogP contribution in [0.4, 0.5) is 0 Å². The van der Waals surface area contributed by atoms with Gasteiger partial charge in [0.2, 0.25) is 11.8 Å². The lowest BCUT2D eigenvalue weighted by Crippen LogP contribution is -2.37. The van der Waals surface area contributed by atoms with Gasteiger partial charge in [-0.05, 0) is 5.56 Å². The van der Waals surface area contributed by atoms with E-state index in [4.69, 9.17) is 10.4 Å². The van der Waals surface area contributed by atoms with Crippen LogP contribution >= 0.6 is 0 Å². The molecule has 1 atom stereocenters. The van der Waals surface area contributed by atoms with E-state index in [0.29, 0.717) is 5.56 Å². The molecule has 0 saturated heterocycles. The zero-order chi connectivity index (χ0) is 17.1. The summed E-state index contributed by atoms with van der Waals surface area (Å²) in [7, 11) is 0. The molecular weight excluding hydrogens is 298 g/mol. The number of hydrogen-bond acceptors (Lipinski definition) is 4. The van der Waals surface area contributed by atoms with Gasteiger partial charge >= 0.3 is 5.97 Å². The van der Waals surface area contributed by atoms with E-state index < -0.39 is 17.8 Å². The van der Waals surface area contributed by atoms with Crippen molar-refractivity contribution in [2.75, 3.05) is 13.1 Å². The first-order valence-electron chi connectivity index (χ1n) is 6.93. The third-order valence-corrected chi connectivity index (χ3v) is 2.91. The second-order valence-electron chi connectivity index (χ2n) is 4.58. The summed E-state index contributed by atoms with van der Waals surface area (Å²) in [6.45, 7) is 0.247. The number of carboxylic acids is 1. The Morgan fingerprint density at radius 3 is 2.48 bits per heavy atom. The normalized spacial score (nSPS) is 11.4. The van der Waals surface area contributed by atoms with E-state index in [1.165, 1.54) is 0 Å². The molecule has 1 unspecified atom stereocenters. The van der Waals surface area contributed by atoms with E-state index in [9.17, 15) is 14.4 Å². The molecule has 1 aromatic rings. The molecule has 0 aliphatic heterocycles. The molecule has 0 spiro atoms. The number of aliphatic carboxylic acids is 1. The van der Waals surface area contributed by atoms with Gasteiger partial charge in [0, 0.05) is 25.2 Å². The van der Waals surface area contributed by atoms with Crippen LogP contribution in [0.1, 0.15) is 17.9 Å². The average Bonchev–Trinajstić information content (AvgIpc) is 2.54. The van der Waals surface area contributed by atoms with Crippen LogP contribution in [0.25, 0.3) is 0 Å². The molecule has 0 fully saturated rings. The maximum Gasteiger partial charge on any atom is 0.328 e. The maximum atomic E-state index is 12.2. The van der Waals surface area contributed by atoms with Crippen LogP contribution in [0, 0.1) is 11.3 Å². The number of nitriles is 1. The minimum absolute atomic E-state index is 0.0190. The second-order valence-corrected chi connectivity index (χ2v) is 4.58. The molecule has 3 N–H and O–H groups in total. The van der Waals surface area contributed by atoms with Crippen molar-refractivity contribution >= 4 is 17.8 Å². The van der Waals surface area contributed by atoms with Gasteiger partial charge in [-0.15, -0.1) is 0 Å². The molecule has 1 aromatic carbocycles. The van der Waals surface area contributed by atoms with Crippen molar-refractivity contribution in [2.24, 2.45) is 0 Å². The first-order valence-corrected chi connectivity index (χ1v) is 6.93. The minimum atomic E-state index is -1.23. The number of amides is 2. The molecule has 7 heteroatoms. The summed E-state index contributed by atoms with van der Waals surface area (Å²) < 4.78 is 0. The monoisotopic (exact) mass is 315 g/mol. The minimum Gasteiger partial charge on any atom is -0.478 e. The van der Waals surface area contributed by atoms with E-state index in [2.05, 4.69) is 10.6 Å². The van der Waals surface area contributed by atoms with Crippen molar-refractivity contribution in [3.63, 3.8) is 0 Å². The molecule has 120 valence electrons. The van der Waals surface area contributed by atoms with Crippen molar-refractivity contribution in [1.82, 2.24) is 10.6 Å². The van der Waals surface area contributed by atoms with Crippen molar-refractivity contribution in [3.05, 3.63) is 48.0 Å². The predicted octanol–water partition coefficient (Wildman–Crippen LogP) is 0.557. The van der Waals surface area contributed by atoms with E-state index in [-0.39, 0.29) is 25.4 Å². The molecule has 0 aromatic heterocycles. The van der Waals surface area contributed by atoms with Crippen molar-refractivity contribution in [1.29, 1.82) is 5.26 Å². The van der Waals surface area contributed by atoms with Gasteiger partial charge in [-0.2, -0.15) is 5.26 Å². The molecule has 0 saturated carbocycles. The van der Waals surface area contributed by atoms with Gasteiger partial charge in [-0.25, -0.2) is 4.79 Å². The van der Waals surface area contributed by atoms with Gasteiger partial charge in [-0.1, -0.05) is 30.3 Å². The van der Waals surface area contributed by atoms with Crippen LogP contribution in [0.3, 0.4) is 0 Å². The van der Waals surface area contributed by atoms with Crippen molar-refractivity contribution in [3.8, 4) is 6.07 Å². The summed E-state index contributed by atoms with van der Waals surface area (Å²) in [5, 5.41) is 22.1. The molecule has 0 aliphatic carbocycles. The van der Waals surface area contributed by atoms with Crippen LogP contribution in [0.2, 0.25) is 0 Å². The lowest BCUT2D eigenvalue weighted by molar-refractivity contribution is -0.131. The summed E-state index contributed by atoms with van der Waals surface area (Å²) in [6.07, 6.45) is 1.80. The first-order chi connectivity index (χ1) is 11.0. The van der Waals surface area contributed by atoms with Crippen molar-refractivity contribution in [2.45, 2.75) is 12.3 Å². The fourth-order valence-corrected chi connectivity index (χ4v) is 1.82. The van der Waals surface area contributed by atoms with Crippen LogP contribution in [-0.4, -0.2) is 36.0 Å². The van der Waals surface area contributed by atoms with E-state index in [1.54, 1.807) is 24.3 Å². The maximum absolute atomic E-state index is 12.2. The van der Waals surface area contributed by atoms with Gasteiger partial charge in [-0.3, -0.25) is 9.59 Å². The summed E-state index contributed by atoms with van der Waals surface area (Å²) in [5.41, 5.74) is 0.712. The third-order valence-electron chi connectivity index (χ3n) is 2.91. The highest BCUT2D eigenvalue weighted by atomic mass is 16.4. The highest BCUT2D eigenvalue weighted by Crippen LogP contribution is 2.14. The number of carboxylic acid groups (broad SMARTS) is 1. The Morgan fingerprint density at radius 2 is 1.87 bits per heavy atom. The quantitative estimate of drug-likeness (QED) is 0.478. The summed E-state index contributed by atoms with van der Waals surface area (Å²) in [5.74, 6) is -2.77. The molecule has 0 aliphatic rings. The summed E-state index contributed by atoms with van der Waals surface area (Å²) >= 11 is 0. The van der Waals surface area contributed by atoms with E-state index >= 15 is 0 Å². The van der Waals surface area contributed by atoms with Crippen LogP contribution < -0.4 is 10.6 Å². The van der Waals surface area contributed by atoms with Gasteiger partial charge in [0.25, 0.3) is 0 Å². The highest BCUT2D eigenvalue weighted by molar-refractivity contribution is 5.94. The Hall–Kier alpha value is -3.14. The molecule has 0 radical (unpaired) electrons. The fraction of sp³-hybridized carbons (Fsp3) is 0.250. The number of carbonyl (C=O) groups excluding carboxylic acids is 2. The molecule has 2 amide bonds. The number of benzene rings is 1. The first kappa shape index (κ1) is 17.9. The Labute approximate surface area is 133 Å². The molecule has 1 rings (SSSR count). The van der Waals surface area contributed by atoms with Crippen LogP contribution in [0.5, 0.6) is 0 Å². The van der Waals surface area contributed by atoms with Gasteiger partial charge in [0.1, 0.15) is 0 Å². The van der Waals surface area contributed by atoms with Crippen LogP contribution in [0.15, 0.2) is 42.5 Å². The number of carbonyl (C=O) groups is 3. The number of hydrogen-bond donors (Lipinski definition) is 3. The highest BCUT2D eigenvalue weighted by Gasteiger charge is 2.20. The number of nitrogens with zero attached hydrogens (tertiary/aromatic N) is 1. The molecule has 0 heterocycles. The number of rotatable bonds is 8. The Balaban J connectivity index is 2.72.